The molecule has 0 spiro atoms. The second-order valence-electron chi connectivity index (χ2n) is 3.32. The van der Waals surface area contributed by atoms with Gasteiger partial charge < -0.3 is 5.73 Å². The van der Waals surface area contributed by atoms with Gasteiger partial charge in [-0.1, -0.05) is 37.2 Å². The van der Waals surface area contributed by atoms with Crippen molar-refractivity contribution in [1.82, 2.24) is 15.0 Å². The molecular weight excluding hydrogens is 196 g/mol. The van der Waals surface area contributed by atoms with E-state index in [1.165, 1.54) is 12.8 Å². The molecule has 2 N–H and O–H groups in total. The fraction of sp³-hybridized carbons (Fsp3) is 0.667. The number of hydrogen-bond donors (Lipinski definition) is 1. The molecule has 0 fully saturated rings. The van der Waals surface area contributed by atoms with Crippen LogP contribution in [-0.4, -0.2) is 20.0 Å². The van der Waals surface area contributed by atoms with E-state index in [-0.39, 0.29) is 0 Å². The smallest absolute Gasteiger partial charge is 0.142 e. The molecule has 0 aliphatic carbocycles. The highest BCUT2D eigenvalue weighted by Crippen LogP contribution is 2.05. The van der Waals surface area contributed by atoms with Crippen molar-refractivity contribution in [3.8, 4) is 0 Å². The second kappa shape index (κ2) is 5.05. The molecule has 0 radical (unpaired) electrons. The molecule has 0 atom stereocenters. The van der Waals surface area contributed by atoms with Crippen LogP contribution in [0.2, 0.25) is 0 Å². The topological polar surface area (TPSA) is 56.7 Å². The standard InChI is InChI=1S/C9H16N4S/c1-3-4-5-6-13-7(2)8(9(10)14)11-12-13/h3-6H2,1-2H3,(H2,10,14). The molecule has 0 unspecified atom stereocenters. The summed E-state index contributed by atoms with van der Waals surface area (Å²) in [5, 5.41) is 7.95. The maximum atomic E-state index is 5.50. The quantitative estimate of drug-likeness (QED) is 0.592. The first-order valence-corrected chi connectivity index (χ1v) is 5.27. The molecule has 1 aromatic heterocycles. The zero-order valence-electron chi connectivity index (χ0n) is 8.66. The minimum absolute atomic E-state index is 0.323. The molecule has 78 valence electrons. The van der Waals surface area contributed by atoms with Gasteiger partial charge in [0.05, 0.1) is 5.69 Å². The van der Waals surface area contributed by atoms with Crippen molar-refractivity contribution < 1.29 is 0 Å². The first-order chi connectivity index (χ1) is 6.66. The normalized spacial score (nSPS) is 10.4. The highest BCUT2D eigenvalue weighted by Gasteiger charge is 2.09. The van der Waals surface area contributed by atoms with E-state index in [4.69, 9.17) is 18.0 Å². The Morgan fingerprint density at radius 3 is 2.71 bits per heavy atom. The summed E-state index contributed by atoms with van der Waals surface area (Å²) >= 11 is 4.86. The lowest BCUT2D eigenvalue weighted by atomic mass is 10.2. The Labute approximate surface area is 89.5 Å². The average molecular weight is 212 g/mol. The van der Waals surface area contributed by atoms with Crippen LogP contribution in [-0.2, 0) is 6.54 Å². The van der Waals surface area contributed by atoms with Crippen molar-refractivity contribution in [2.75, 3.05) is 0 Å². The minimum Gasteiger partial charge on any atom is -0.388 e. The molecule has 0 aliphatic heterocycles. The van der Waals surface area contributed by atoms with Crippen LogP contribution >= 0.6 is 12.2 Å². The summed E-state index contributed by atoms with van der Waals surface area (Å²) < 4.78 is 1.87. The number of hydrogen-bond acceptors (Lipinski definition) is 3. The van der Waals surface area contributed by atoms with Crippen LogP contribution in [0.1, 0.15) is 37.6 Å². The van der Waals surface area contributed by atoms with E-state index in [1.807, 2.05) is 11.6 Å². The third kappa shape index (κ3) is 2.51. The molecule has 14 heavy (non-hydrogen) atoms. The highest BCUT2D eigenvalue weighted by atomic mass is 32.1. The number of aromatic nitrogens is 3. The molecule has 0 aromatic carbocycles. The van der Waals surface area contributed by atoms with Crippen molar-refractivity contribution >= 4 is 17.2 Å². The Bertz CT molecular complexity index is 319. The second-order valence-corrected chi connectivity index (χ2v) is 3.76. The summed E-state index contributed by atoms with van der Waals surface area (Å²) in [4.78, 5) is 0.323. The molecule has 0 saturated heterocycles. The van der Waals surface area contributed by atoms with Crippen LogP contribution in [0.3, 0.4) is 0 Å². The first-order valence-electron chi connectivity index (χ1n) is 4.86. The summed E-state index contributed by atoms with van der Waals surface area (Å²) in [5.41, 5.74) is 7.11. The van der Waals surface area contributed by atoms with Crippen LogP contribution in [0, 0.1) is 6.92 Å². The van der Waals surface area contributed by atoms with Gasteiger partial charge in [0, 0.05) is 6.54 Å². The van der Waals surface area contributed by atoms with Crippen molar-refractivity contribution in [2.24, 2.45) is 5.73 Å². The number of thiocarbonyl (C=S) groups is 1. The SMILES string of the molecule is CCCCCn1nnc(C(N)=S)c1C. The monoisotopic (exact) mass is 212 g/mol. The molecule has 5 heteroatoms. The Morgan fingerprint density at radius 1 is 1.50 bits per heavy atom. The van der Waals surface area contributed by atoms with Crippen LogP contribution in [0.5, 0.6) is 0 Å². The lowest BCUT2D eigenvalue weighted by Crippen LogP contribution is -2.12. The van der Waals surface area contributed by atoms with Gasteiger partial charge >= 0.3 is 0 Å². The fourth-order valence-corrected chi connectivity index (χ4v) is 1.50. The number of nitrogens with zero attached hydrogens (tertiary/aromatic N) is 3. The third-order valence-electron chi connectivity index (χ3n) is 2.19. The molecule has 1 aromatic rings. The molecule has 4 nitrogen and oxygen atoms in total. The molecule has 1 heterocycles. The van der Waals surface area contributed by atoms with Crippen molar-refractivity contribution in [1.29, 1.82) is 0 Å². The number of rotatable bonds is 5. The number of unbranched alkanes of at least 4 members (excludes halogenated alkanes) is 2. The molecule has 0 amide bonds. The number of nitrogens with two attached hydrogens (primary N) is 1. The Morgan fingerprint density at radius 2 is 2.21 bits per heavy atom. The van der Waals surface area contributed by atoms with Gasteiger partial charge in [0.1, 0.15) is 10.7 Å². The summed E-state index contributed by atoms with van der Waals surface area (Å²) in [6, 6.07) is 0. The predicted molar refractivity (Wildman–Crippen MR) is 60.2 cm³/mol. The summed E-state index contributed by atoms with van der Waals surface area (Å²) in [6.45, 7) is 5.02. The van der Waals surface area contributed by atoms with Crippen LogP contribution in [0.4, 0.5) is 0 Å². The predicted octanol–water partition coefficient (Wildman–Crippen LogP) is 1.41. The maximum absolute atomic E-state index is 5.50. The van der Waals surface area contributed by atoms with Crippen molar-refractivity contribution in [3.05, 3.63) is 11.4 Å². The van der Waals surface area contributed by atoms with Gasteiger partial charge in [-0.3, -0.25) is 0 Å². The van der Waals surface area contributed by atoms with E-state index < -0.39 is 0 Å². The zero-order chi connectivity index (χ0) is 10.6. The van der Waals surface area contributed by atoms with Crippen molar-refractivity contribution in [2.45, 2.75) is 39.7 Å². The molecule has 0 aliphatic rings. The Hall–Kier alpha value is -0.970. The van der Waals surface area contributed by atoms with E-state index in [1.54, 1.807) is 0 Å². The van der Waals surface area contributed by atoms with E-state index in [9.17, 15) is 0 Å². The summed E-state index contributed by atoms with van der Waals surface area (Å²) in [6.07, 6.45) is 3.54. The van der Waals surface area contributed by atoms with Gasteiger partial charge in [-0.2, -0.15) is 0 Å². The summed E-state index contributed by atoms with van der Waals surface area (Å²) in [7, 11) is 0. The van der Waals surface area contributed by atoms with Gasteiger partial charge in [-0.25, -0.2) is 4.68 Å². The highest BCUT2D eigenvalue weighted by molar-refractivity contribution is 7.80. The lowest BCUT2D eigenvalue weighted by Gasteiger charge is -2.02. The van der Waals surface area contributed by atoms with Gasteiger partial charge in [0.15, 0.2) is 0 Å². The first kappa shape index (κ1) is 11.1. The minimum atomic E-state index is 0.323. The zero-order valence-corrected chi connectivity index (χ0v) is 9.47. The lowest BCUT2D eigenvalue weighted by molar-refractivity contribution is 0.527. The molecular formula is C9H16N4S. The molecule has 0 bridgehead atoms. The Kier molecular flexibility index (Phi) is 4.00. The van der Waals surface area contributed by atoms with Gasteiger partial charge in [0.25, 0.3) is 0 Å². The van der Waals surface area contributed by atoms with E-state index in [0.29, 0.717) is 10.7 Å². The largest absolute Gasteiger partial charge is 0.388 e. The van der Waals surface area contributed by atoms with E-state index in [0.717, 1.165) is 18.7 Å². The average Bonchev–Trinajstić information content (AvgIpc) is 2.48. The van der Waals surface area contributed by atoms with Crippen LogP contribution in [0.15, 0.2) is 0 Å². The molecule has 1 rings (SSSR count). The van der Waals surface area contributed by atoms with Gasteiger partial charge in [0.2, 0.25) is 0 Å². The fourth-order valence-electron chi connectivity index (χ4n) is 1.31. The Balaban J connectivity index is 2.65. The van der Waals surface area contributed by atoms with Crippen LogP contribution in [0.25, 0.3) is 0 Å². The third-order valence-corrected chi connectivity index (χ3v) is 2.38. The number of aryl methyl sites for hydroxylation is 1. The molecule has 0 saturated carbocycles. The van der Waals surface area contributed by atoms with E-state index >= 15 is 0 Å². The van der Waals surface area contributed by atoms with Crippen LogP contribution < -0.4 is 5.73 Å². The van der Waals surface area contributed by atoms with Gasteiger partial charge in [-0.05, 0) is 13.3 Å². The van der Waals surface area contributed by atoms with Crippen molar-refractivity contribution in [3.63, 3.8) is 0 Å². The summed E-state index contributed by atoms with van der Waals surface area (Å²) in [5.74, 6) is 0. The maximum Gasteiger partial charge on any atom is 0.142 e. The van der Waals surface area contributed by atoms with Gasteiger partial charge in [-0.15, -0.1) is 5.10 Å². The van der Waals surface area contributed by atoms with E-state index in [2.05, 4.69) is 17.2 Å².